The standard InChI is InChI=1S/C12H15FN2O/c1-15(7-8-2-3-8)12(16)9-4-5-10(13)11(14)6-9/h4-6,8H,2-3,7,14H2,1H3. The predicted molar refractivity (Wildman–Crippen MR) is 60.5 cm³/mol. The SMILES string of the molecule is CN(CC1CC1)C(=O)c1ccc(F)c(N)c1. The molecule has 4 heteroatoms. The highest BCUT2D eigenvalue weighted by Crippen LogP contribution is 2.29. The molecule has 0 spiro atoms. The number of carbonyl (C=O) groups is 1. The maximum absolute atomic E-state index is 12.9. The minimum Gasteiger partial charge on any atom is -0.396 e. The smallest absolute Gasteiger partial charge is 0.253 e. The van der Waals surface area contributed by atoms with Crippen LogP contribution >= 0.6 is 0 Å². The van der Waals surface area contributed by atoms with Crippen molar-refractivity contribution in [2.75, 3.05) is 19.3 Å². The number of nitrogens with two attached hydrogens (primary N) is 1. The third-order valence-corrected chi connectivity index (χ3v) is 2.82. The van der Waals surface area contributed by atoms with Gasteiger partial charge in [-0.15, -0.1) is 0 Å². The molecule has 0 radical (unpaired) electrons. The van der Waals surface area contributed by atoms with Crippen LogP contribution in [0.2, 0.25) is 0 Å². The molecule has 16 heavy (non-hydrogen) atoms. The van der Waals surface area contributed by atoms with E-state index in [9.17, 15) is 9.18 Å². The molecule has 1 aliphatic rings. The first-order valence-electron chi connectivity index (χ1n) is 5.38. The highest BCUT2D eigenvalue weighted by Gasteiger charge is 2.25. The number of hydrogen-bond donors (Lipinski definition) is 1. The van der Waals surface area contributed by atoms with Gasteiger partial charge in [-0.05, 0) is 37.0 Å². The van der Waals surface area contributed by atoms with Crippen molar-refractivity contribution < 1.29 is 9.18 Å². The summed E-state index contributed by atoms with van der Waals surface area (Å²) in [4.78, 5) is 13.6. The fourth-order valence-corrected chi connectivity index (χ4v) is 1.67. The molecule has 0 unspecified atom stereocenters. The summed E-state index contributed by atoms with van der Waals surface area (Å²) in [6.45, 7) is 0.774. The molecule has 86 valence electrons. The van der Waals surface area contributed by atoms with E-state index in [0.29, 0.717) is 11.5 Å². The third-order valence-electron chi connectivity index (χ3n) is 2.82. The molecule has 0 saturated heterocycles. The van der Waals surface area contributed by atoms with Gasteiger partial charge in [-0.25, -0.2) is 4.39 Å². The van der Waals surface area contributed by atoms with Crippen LogP contribution in [-0.4, -0.2) is 24.4 Å². The Morgan fingerprint density at radius 3 is 2.81 bits per heavy atom. The molecule has 1 aromatic rings. The van der Waals surface area contributed by atoms with Crippen molar-refractivity contribution in [1.82, 2.24) is 4.90 Å². The summed E-state index contributed by atoms with van der Waals surface area (Å²) in [7, 11) is 1.76. The minimum atomic E-state index is -0.485. The van der Waals surface area contributed by atoms with Crippen LogP contribution in [0.3, 0.4) is 0 Å². The van der Waals surface area contributed by atoms with Crippen molar-refractivity contribution in [1.29, 1.82) is 0 Å². The number of anilines is 1. The van der Waals surface area contributed by atoms with Crippen molar-refractivity contribution in [3.8, 4) is 0 Å². The topological polar surface area (TPSA) is 46.3 Å². The zero-order valence-electron chi connectivity index (χ0n) is 9.24. The maximum Gasteiger partial charge on any atom is 0.253 e. The molecule has 0 aromatic heterocycles. The molecule has 0 aliphatic heterocycles. The summed E-state index contributed by atoms with van der Waals surface area (Å²) in [6, 6.07) is 4.09. The molecule has 1 aromatic carbocycles. The van der Waals surface area contributed by atoms with E-state index in [4.69, 9.17) is 5.73 Å². The Bertz CT molecular complexity index is 415. The van der Waals surface area contributed by atoms with E-state index in [1.165, 1.54) is 31.0 Å². The van der Waals surface area contributed by atoms with Gasteiger partial charge >= 0.3 is 0 Å². The quantitative estimate of drug-likeness (QED) is 0.794. The van der Waals surface area contributed by atoms with Crippen LogP contribution in [0.1, 0.15) is 23.2 Å². The molecule has 1 aliphatic carbocycles. The zero-order valence-corrected chi connectivity index (χ0v) is 9.24. The summed E-state index contributed by atoms with van der Waals surface area (Å²) in [6.07, 6.45) is 2.40. The summed E-state index contributed by atoms with van der Waals surface area (Å²) in [5.74, 6) is 0.0618. The van der Waals surface area contributed by atoms with Crippen LogP contribution in [0.25, 0.3) is 0 Å². The van der Waals surface area contributed by atoms with Gasteiger partial charge in [0.15, 0.2) is 0 Å². The maximum atomic E-state index is 12.9. The normalized spacial score (nSPS) is 14.9. The number of rotatable bonds is 3. The Balaban J connectivity index is 2.09. The average molecular weight is 222 g/mol. The number of halogens is 1. The van der Waals surface area contributed by atoms with Gasteiger partial charge in [0, 0.05) is 19.2 Å². The van der Waals surface area contributed by atoms with Crippen molar-refractivity contribution in [2.45, 2.75) is 12.8 Å². The van der Waals surface area contributed by atoms with Crippen LogP contribution in [0, 0.1) is 11.7 Å². The Labute approximate surface area is 94.0 Å². The van der Waals surface area contributed by atoms with Gasteiger partial charge in [-0.3, -0.25) is 4.79 Å². The molecular weight excluding hydrogens is 207 g/mol. The molecule has 3 nitrogen and oxygen atoms in total. The van der Waals surface area contributed by atoms with Gasteiger partial charge in [0.25, 0.3) is 5.91 Å². The second-order valence-electron chi connectivity index (χ2n) is 4.37. The van der Waals surface area contributed by atoms with E-state index >= 15 is 0 Å². The molecule has 2 rings (SSSR count). The first-order chi connectivity index (χ1) is 7.58. The first-order valence-corrected chi connectivity index (χ1v) is 5.38. The number of amides is 1. The minimum absolute atomic E-state index is 0.0191. The average Bonchev–Trinajstić information content (AvgIpc) is 3.05. The largest absolute Gasteiger partial charge is 0.396 e. The van der Waals surface area contributed by atoms with Crippen LogP contribution in [0.5, 0.6) is 0 Å². The molecule has 1 fully saturated rings. The van der Waals surface area contributed by atoms with Crippen molar-refractivity contribution >= 4 is 11.6 Å². The number of hydrogen-bond acceptors (Lipinski definition) is 2. The summed E-state index contributed by atoms with van der Waals surface area (Å²) < 4.78 is 12.9. The number of benzene rings is 1. The van der Waals surface area contributed by atoms with Gasteiger partial charge in [0.1, 0.15) is 5.82 Å². The fourth-order valence-electron chi connectivity index (χ4n) is 1.67. The third kappa shape index (κ3) is 2.32. The highest BCUT2D eigenvalue weighted by molar-refractivity contribution is 5.94. The van der Waals surface area contributed by atoms with Crippen molar-refractivity contribution in [3.63, 3.8) is 0 Å². The lowest BCUT2D eigenvalue weighted by molar-refractivity contribution is 0.0788. The van der Waals surface area contributed by atoms with E-state index in [-0.39, 0.29) is 11.6 Å². The molecule has 2 N–H and O–H groups in total. The van der Waals surface area contributed by atoms with E-state index < -0.39 is 5.82 Å². The Morgan fingerprint density at radius 1 is 1.56 bits per heavy atom. The van der Waals surface area contributed by atoms with E-state index in [0.717, 1.165) is 6.54 Å². The Kier molecular flexibility index (Phi) is 2.81. The molecule has 1 amide bonds. The molecular formula is C12H15FN2O. The first kappa shape index (κ1) is 10.9. The molecule has 0 heterocycles. The number of nitrogens with zero attached hydrogens (tertiary/aromatic N) is 1. The van der Waals surface area contributed by atoms with E-state index in [2.05, 4.69) is 0 Å². The van der Waals surface area contributed by atoms with Crippen molar-refractivity contribution in [3.05, 3.63) is 29.6 Å². The summed E-state index contributed by atoms with van der Waals surface area (Å²) in [5, 5.41) is 0. The van der Waals surface area contributed by atoms with Gasteiger partial charge in [0.05, 0.1) is 5.69 Å². The molecule has 0 bridgehead atoms. The van der Waals surface area contributed by atoms with Crippen molar-refractivity contribution in [2.24, 2.45) is 5.92 Å². The van der Waals surface area contributed by atoms with Crippen LogP contribution in [0.15, 0.2) is 18.2 Å². The lowest BCUT2D eigenvalue weighted by Crippen LogP contribution is -2.28. The molecule has 0 atom stereocenters. The van der Waals surface area contributed by atoms with Crippen LogP contribution < -0.4 is 5.73 Å². The van der Waals surface area contributed by atoms with Gasteiger partial charge in [0.2, 0.25) is 0 Å². The van der Waals surface area contributed by atoms with Gasteiger partial charge in [-0.2, -0.15) is 0 Å². The van der Waals surface area contributed by atoms with Gasteiger partial charge < -0.3 is 10.6 Å². The van der Waals surface area contributed by atoms with Crippen LogP contribution in [-0.2, 0) is 0 Å². The Hall–Kier alpha value is -1.58. The van der Waals surface area contributed by atoms with E-state index in [1.807, 2.05) is 0 Å². The zero-order chi connectivity index (χ0) is 11.7. The second kappa shape index (κ2) is 4.12. The monoisotopic (exact) mass is 222 g/mol. The summed E-state index contributed by atoms with van der Waals surface area (Å²) >= 11 is 0. The Morgan fingerprint density at radius 2 is 2.25 bits per heavy atom. The van der Waals surface area contributed by atoms with Gasteiger partial charge in [-0.1, -0.05) is 0 Å². The fraction of sp³-hybridized carbons (Fsp3) is 0.417. The highest BCUT2D eigenvalue weighted by atomic mass is 19.1. The lowest BCUT2D eigenvalue weighted by Gasteiger charge is -2.16. The van der Waals surface area contributed by atoms with Crippen LogP contribution in [0.4, 0.5) is 10.1 Å². The second-order valence-corrected chi connectivity index (χ2v) is 4.37. The summed E-state index contributed by atoms with van der Waals surface area (Å²) in [5.41, 5.74) is 5.89. The molecule has 1 saturated carbocycles. The lowest BCUT2D eigenvalue weighted by atomic mass is 10.1. The van der Waals surface area contributed by atoms with E-state index in [1.54, 1.807) is 11.9 Å². The number of carbonyl (C=O) groups excluding carboxylic acids is 1. The number of nitrogen functional groups attached to an aromatic ring is 1. The predicted octanol–water partition coefficient (Wildman–Crippen LogP) is 1.89.